The van der Waals surface area contributed by atoms with E-state index in [-0.39, 0.29) is 11.9 Å². The van der Waals surface area contributed by atoms with E-state index in [0.29, 0.717) is 10.9 Å². The molecule has 0 unspecified atom stereocenters. The quantitative estimate of drug-likeness (QED) is 0.826. The van der Waals surface area contributed by atoms with Gasteiger partial charge >= 0.3 is 0 Å². The Morgan fingerprint density at radius 2 is 2.08 bits per heavy atom. The molecule has 136 valence electrons. The molecule has 2 aromatic rings. The van der Waals surface area contributed by atoms with Crippen LogP contribution in [0, 0.1) is 12.8 Å². The van der Waals surface area contributed by atoms with E-state index in [0.717, 1.165) is 49.4 Å². The number of benzene rings is 1. The molecule has 3 fully saturated rings. The second-order valence-corrected chi connectivity index (χ2v) is 7.97. The first-order valence-electron chi connectivity index (χ1n) is 9.29. The standard InChI is InChI=1S/C21H24ClN3O/c1-15-10-17(22)6-8-20(15)21(26)25-12-16-5-7-19(25)14-24(11-16)13-18-4-2-3-9-23-18/h2-4,6,8-10,16,19H,5,7,11-14H2,1H3/t16-,19+/m0/s1. The molecule has 2 bridgehead atoms. The number of aromatic nitrogens is 1. The lowest BCUT2D eigenvalue weighted by Gasteiger charge is -2.36. The van der Waals surface area contributed by atoms with Crippen LogP contribution in [0.5, 0.6) is 0 Å². The van der Waals surface area contributed by atoms with Crippen molar-refractivity contribution in [3.63, 3.8) is 0 Å². The zero-order valence-corrected chi connectivity index (χ0v) is 15.8. The van der Waals surface area contributed by atoms with E-state index in [1.54, 1.807) is 0 Å². The molecule has 0 radical (unpaired) electrons. The first kappa shape index (κ1) is 17.5. The second kappa shape index (κ2) is 7.37. The summed E-state index contributed by atoms with van der Waals surface area (Å²) in [7, 11) is 0. The molecule has 3 saturated heterocycles. The first-order valence-corrected chi connectivity index (χ1v) is 9.67. The molecule has 4 nitrogen and oxygen atoms in total. The average Bonchev–Trinajstić information content (AvgIpc) is 2.92. The first-order chi connectivity index (χ1) is 12.6. The topological polar surface area (TPSA) is 36.4 Å². The maximum atomic E-state index is 13.2. The van der Waals surface area contributed by atoms with Crippen molar-refractivity contribution >= 4 is 17.5 Å². The summed E-state index contributed by atoms with van der Waals surface area (Å²) < 4.78 is 0. The van der Waals surface area contributed by atoms with E-state index < -0.39 is 0 Å². The summed E-state index contributed by atoms with van der Waals surface area (Å²) in [4.78, 5) is 22.2. The number of hydrogen-bond donors (Lipinski definition) is 0. The van der Waals surface area contributed by atoms with Gasteiger partial charge in [0.1, 0.15) is 0 Å². The Kier molecular flexibility index (Phi) is 4.96. The van der Waals surface area contributed by atoms with Crippen LogP contribution >= 0.6 is 11.6 Å². The lowest BCUT2D eigenvalue weighted by atomic mass is 9.94. The molecule has 0 aliphatic carbocycles. The number of nitrogens with zero attached hydrogens (tertiary/aromatic N) is 3. The minimum atomic E-state index is 0.147. The van der Waals surface area contributed by atoms with Crippen LogP contribution in [-0.2, 0) is 6.54 Å². The van der Waals surface area contributed by atoms with Crippen molar-refractivity contribution in [3.05, 3.63) is 64.4 Å². The monoisotopic (exact) mass is 369 g/mol. The molecule has 26 heavy (non-hydrogen) atoms. The average molecular weight is 370 g/mol. The number of rotatable bonds is 3. The lowest BCUT2D eigenvalue weighted by Crippen LogP contribution is -2.47. The van der Waals surface area contributed by atoms with E-state index >= 15 is 0 Å². The highest BCUT2D eigenvalue weighted by atomic mass is 35.5. The van der Waals surface area contributed by atoms with Gasteiger partial charge in [0.25, 0.3) is 5.91 Å². The summed E-state index contributed by atoms with van der Waals surface area (Å²) in [6.07, 6.45) is 4.13. The Hall–Kier alpha value is -1.91. The Morgan fingerprint density at radius 3 is 2.85 bits per heavy atom. The number of aryl methyl sites for hydroxylation is 1. The molecule has 2 atom stereocenters. The summed E-state index contributed by atoms with van der Waals surface area (Å²) in [5.74, 6) is 0.683. The third-order valence-electron chi connectivity index (χ3n) is 5.58. The molecule has 1 aromatic carbocycles. The van der Waals surface area contributed by atoms with Crippen molar-refractivity contribution in [2.45, 2.75) is 32.4 Å². The van der Waals surface area contributed by atoms with Crippen molar-refractivity contribution < 1.29 is 4.79 Å². The molecule has 5 heteroatoms. The van der Waals surface area contributed by atoms with Crippen LogP contribution in [0.4, 0.5) is 0 Å². The van der Waals surface area contributed by atoms with E-state index in [1.807, 2.05) is 43.5 Å². The molecule has 5 rings (SSSR count). The molecule has 3 aliphatic rings. The number of piperidine rings is 1. The number of fused-ring (bicyclic) bond motifs is 4. The van der Waals surface area contributed by atoms with Gasteiger partial charge in [-0.15, -0.1) is 0 Å². The zero-order valence-electron chi connectivity index (χ0n) is 15.1. The molecule has 1 amide bonds. The Morgan fingerprint density at radius 1 is 1.19 bits per heavy atom. The van der Waals surface area contributed by atoms with Gasteiger partial charge in [0.15, 0.2) is 0 Å². The molecule has 0 N–H and O–H groups in total. The predicted molar refractivity (Wildman–Crippen MR) is 103 cm³/mol. The van der Waals surface area contributed by atoms with E-state index in [4.69, 9.17) is 11.6 Å². The molecule has 0 saturated carbocycles. The molecular weight excluding hydrogens is 346 g/mol. The minimum Gasteiger partial charge on any atom is -0.334 e. The molecule has 4 heterocycles. The van der Waals surface area contributed by atoms with E-state index in [9.17, 15) is 4.79 Å². The summed E-state index contributed by atoms with van der Waals surface area (Å²) in [6.45, 7) is 5.63. The van der Waals surface area contributed by atoms with Crippen LogP contribution in [0.25, 0.3) is 0 Å². The van der Waals surface area contributed by atoms with Crippen LogP contribution in [0.2, 0.25) is 5.02 Å². The highest BCUT2D eigenvalue weighted by Crippen LogP contribution is 2.30. The zero-order chi connectivity index (χ0) is 18.1. The van der Waals surface area contributed by atoms with Crippen LogP contribution in [-0.4, -0.2) is 46.4 Å². The second-order valence-electron chi connectivity index (χ2n) is 7.53. The van der Waals surface area contributed by atoms with Gasteiger partial charge in [-0.05, 0) is 61.6 Å². The number of pyridine rings is 1. The molecular formula is C21H24ClN3O. The summed E-state index contributed by atoms with van der Waals surface area (Å²) in [5.41, 5.74) is 2.83. The fraction of sp³-hybridized carbons (Fsp3) is 0.429. The van der Waals surface area contributed by atoms with E-state index in [1.165, 1.54) is 6.42 Å². The number of carbonyl (C=O) groups is 1. The molecule has 1 aromatic heterocycles. The van der Waals surface area contributed by atoms with Gasteiger partial charge < -0.3 is 4.90 Å². The van der Waals surface area contributed by atoms with Gasteiger partial charge in [0, 0.05) is 49.0 Å². The van der Waals surface area contributed by atoms with Crippen molar-refractivity contribution in [3.8, 4) is 0 Å². The maximum absolute atomic E-state index is 13.2. The smallest absolute Gasteiger partial charge is 0.254 e. The largest absolute Gasteiger partial charge is 0.334 e. The summed E-state index contributed by atoms with van der Waals surface area (Å²) >= 11 is 6.06. The van der Waals surface area contributed by atoms with Gasteiger partial charge in [-0.2, -0.15) is 0 Å². The maximum Gasteiger partial charge on any atom is 0.254 e. The number of amides is 1. The predicted octanol–water partition coefficient (Wildman–Crippen LogP) is 3.78. The molecule has 3 aliphatic heterocycles. The lowest BCUT2D eigenvalue weighted by molar-refractivity contribution is 0.0584. The normalized spacial score (nSPS) is 23.1. The molecule has 0 spiro atoms. The number of carbonyl (C=O) groups excluding carboxylic acids is 1. The fourth-order valence-electron chi connectivity index (χ4n) is 4.30. The van der Waals surface area contributed by atoms with E-state index in [2.05, 4.69) is 20.9 Å². The SMILES string of the molecule is Cc1cc(Cl)ccc1C(=O)N1C[C@H]2CC[C@@H]1CN(Cc1ccccn1)C2. The number of halogens is 1. The van der Waals surface area contributed by atoms with Crippen molar-refractivity contribution in [1.29, 1.82) is 0 Å². The van der Waals surface area contributed by atoms with Gasteiger partial charge in [-0.3, -0.25) is 14.7 Å². The third kappa shape index (κ3) is 3.62. The fourth-order valence-corrected chi connectivity index (χ4v) is 4.53. The minimum absolute atomic E-state index is 0.147. The van der Waals surface area contributed by atoms with Crippen molar-refractivity contribution in [2.24, 2.45) is 5.92 Å². The van der Waals surface area contributed by atoms with Gasteiger partial charge in [0.2, 0.25) is 0 Å². The number of hydrogen-bond acceptors (Lipinski definition) is 3. The van der Waals surface area contributed by atoms with Gasteiger partial charge in [0.05, 0.1) is 5.69 Å². The van der Waals surface area contributed by atoms with Gasteiger partial charge in [-0.1, -0.05) is 17.7 Å². The summed E-state index contributed by atoms with van der Waals surface area (Å²) in [5, 5.41) is 0.679. The Labute approximate surface area is 159 Å². The Balaban J connectivity index is 1.52. The van der Waals surface area contributed by atoms with Crippen LogP contribution in [0.3, 0.4) is 0 Å². The van der Waals surface area contributed by atoms with Crippen molar-refractivity contribution in [2.75, 3.05) is 19.6 Å². The van der Waals surface area contributed by atoms with Crippen molar-refractivity contribution in [1.82, 2.24) is 14.8 Å². The van der Waals surface area contributed by atoms with Gasteiger partial charge in [-0.25, -0.2) is 0 Å². The van der Waals surface area contributed by atoms with Crippen LogP contribution in [0.1, 0.15) is 34.5 Å². The van der Waals surface area contributed by atoms with Crippen LogP contribution < -0.4 is 0 Å². The highest BCUT2D eigenvalue weighted by molar-refractivity contribution is 6.30. The Bertz CT molecular complexity index is 795. The highest BCUT2D eigenvalue weighted by Gasteiger charge is 2.37. The van der Waals surface area contributed by atoms with Crippen LogP contribution in [0.15, 0.2) is 42.6 Å². The summed E-state index contributed by atoms with van der Waals surface area (Å²) in [6, 6.07) is 11.9. The third-order valence-corrected chi connectivity index (χ3v) is 5.82.